The Bertz CT molecular complexity index is 1280. The van der Waals surface area contributed by atoms with Gasteiger partial charge in [-0.25, -0.2) is 18.3 Å². The Morgan fingerprint density at radius 1 is 1.09 bits per heavy atom. The van der Waals surface area contributed by atoms with Gasteiger partial charge in [0.25, 0.3) is 0 Å². The van der Waals surface area contributed by atoms with Gasteiger partial charge in [0.15, 0.2) is 11.6 Å². The highest BCUT2D eigenvalue weighted by molar-refractivity contribution is 5.68. The van der Waals surface area contributed by atoms with E-state index in [1.165, 1.54) is 29.1 Å². The number of aromatic nitrogens is 3. The molecule has 4 aromatic rings. The smallest absolute Gasteiger partial charge is 0.410 e. The summed E-state index contributed by atoms with van der Waals surface area (Å²) in [4.78, 5) is 15.1. The van der Waals surface area contributed by atoms with E-state index in [0.717, 1.165) is 5.56 Å². The van der Waals surface area contributed by atoms with Crippen LogP contribution < -0.4 is 15.2 Å². The molecule has 0 aliphatic rings. The fourth-order valence-electron chi connectivity index (χ4n) is 3.07. The first-order valence-electron chi connectivity index (χ1n) is 9.59. The van der Waals surface area contributed by atoms with Crippen LogP contribution in [-0.2, 0) is 6.42 Å². The molecule has 7 nitrogen and oxygen atoms in total. The highest BCUT2D eigenvalue weighted by atomic mass is 19.1. The monoisotopic (exact) mass is 436 g/mol. The molecule has 0 saturated carbocycles. The number of ether oxygens (including phenoxy) is 2. The molecule has 0 saturated heterocycles. The largest absolute Gasteiger partial charge is 0.437 e. The first kappa shape index (κ1) is 21.0. The second-order valence-corrected chi connectivity index (χ2v) is 6.90. The minimum atomic E-state index is -1.12. The van der Waals surface area contributed by atoms with Crippen molar-refractivity contribution in [2.24, 2.45) is 5.73 Å². The van der Waals surface area contributed by atoms with Gasteiger partial charge in [0.1, 0.15) is 11.6 Å². The SMILES string of the molecule is Cc1ncc(-n2ccc(Oc3ccc(OC(N)=O)c(F)c3Cc3ccccc3)n2)cc1F. The van der Waals surface area contributed by atoms with Crippen molar-refractivity contribution in [2.45, 2.75) is 13.3 Å². The van der Waals surface area contributed by atoms with Gasteiger partial charge in [-0.3, -0.25) is 4.98 Å². The number of carbonyl (C=O) groups is 1. The zero-order valence-corrected chi connectivity index (χ0v) is 17.0. The van der Waals surface area contributed by atoms with Gasteiger partial charge in [-0.2, -0.15) is 0 Å². The normalized spacial score (nSPS) is 10.7. The Balaban J connectivity index is 1.67. The molecule has 2 N–H and O–H groups in total. The van der Waals surface area contributed by atoms with E-state index in [2.05, 4.69) is 10.1 Å². The van der Waals surface area contributed by atoms with Crippen LogP contribution in [0.25, 0.3) is 5.69 Å². The van der Waals surface area contributed by atoms with Crippen molar-refractivity contribution in [3.05, 3.63) is 95.4 Å². The fraction of sp³-hybridized carbons (Fsp3) is 0.0870. The summed E-state index contributed by atoms with van der Waals surface area (Å²) < 4.78 is 40.9. The lowest BCUT2D eigenvalue weighted by Crippen LogP contribution is -2.17. The van der Waals surface area contributed by atoms with Crippen molar-refractivity contribution in [3.63, 3.8) is 0 Å². The highest BCUT2D eigenvalue weighted by Gasteiger charge is 2.19. The predicted octanol–water partition coefficient (Wildman–Crippen LogP) is 4.69. The number of pyridine rings is 1. The third-order valence-corrected chi connectivity index (χ3v) is 4.65. The van der Waals surface area contributed by atoms with E-state index < -0.39 is 17.7 Å². The molecule has 0 aliphatic heterocycles. The van der Waals surface area contributed by atoms with Crippen LogP contribution >= 0.6 is 0 Å². The van der Waals surface area contributed by atoms with Crippen molar-refractivity contribution >= 4 is 6.09 Å². The predicted molar refractivity (Wildman–Crippen MR) is 112 cm³/mol. The molecule has 0 fully saturated rings. The lowest BCUT2D eigenvalue weighted by atomic mass is 10.0. The van der Waals surface area contributed by atoms with Crippen LogP contribution in [0.4, 0.5) is 13.6 Å². The van der Waals surface area contributed by atoms with Crippen LogP contribution in [0.1, 0.15) is 16.8 Å². The van der Waals surface area contributed by atoms with Gasteiger partial charge in [0, 0.05) is 30.3 Å². The Labute approximate surface area is 182 Å². The number of nitrogens with zero attached hydrogens (tertiary/aromatic N) is 3. The van der Waals surface area contributed by atoms with E-state index in [1.54, 1.807) is 19.2 Å². The summed E-state index contributed by atoms with van der Waals surface area (Å²) in [6.07, 6.45) is 2.09. The second-order valence-electron chi connectivity index (χ2n) is 6.90. The van der Waals surface area contributed by atoms with Crippen LogP contribution in [0, 0.1) is 18.6 Å². The number of halogens is 2. The van der Waals surface area contributed by atoms with Gasteiger partial charge in [0.2, 0.25) is 5.88 Å². The van der Waals surface area contributed by atoms with Crippen LogP contribution in [0.3, 0.4) is 0 Å². The Morgan fingerprint density at radius 3 is 2.56 bits per heavy atom. The number of primary amides is 1. The zero-order chi connectivity index (χ0) is 22.7. The molecule has 0 aliphatic carbocycles. The molecular weight excluding hydrogens is 418 g/mol. The van der Waals surface area contributed by atoms with Crippen LogP contribution in [0.2, 0.25) is 0 Å². The minimum absolute atomic E-state index is 0.156. The molecule has 0 bridgehead atoms. The van der Waals surface area contributed by atoms with E-state index in [9.17, 15) is 9.18 Å². The van der Waals surface area contributed by atoms with Gasteiger partial charge in [-0.1, -0.05) is 30.3 Å². The maximum Gasteiger partial charge on any atom is 0.410 e. The molecule has 2 aromatic carbocycles. The van der Waals surface area contributed by atoms with Crippen LogP contribution in [0.5, 0.6) is 17.4 Å². The summed E-state index contributed by atoms with van der Waals surface area (Å²) in [5, 5.41) is 4.26. The Morgan fingerprint density at radius 2 is 1.84 bits per heavy atom. The van der Waals surface area contributed by atoms with Crippen LogP contribution in [0.15, 0.2) is 67.0 Å². The van der Waals surface area contributed by atoms with Crippen molar-refractivity contribution in [1.29, 1.82) is 0 Å². The molecule has 2 heterocycles. The molecule has 0 atom stereocenters. The fourth-order valence-corrected chi connectivity index (χ4v) is 3.07. The summed E-state index contributed by atoms with van der Waals surface area (Å²) in [7, 11) is 0. The maximum atomic E-state index is 15.1. The third kappa shape index (κ3) is 4.56. The number of hydrogen-bond acceptors (Lipinski definition) is 5. The van der Waals surface area contributed by atoms with Gasteiger partial charge in [-0.15, -0.1) is 5.10 Å². The van der Waals surface area contributed by atoms with E-state index >= 15 is 4.39 Å². The molecule has 1 amide bonds. The molecule has 32 heavy (non-hydrogen) atoms. The number of benzene rings is 2. The van der Waals surface area contributed by atoms with Gasteiger partial charge in [-0.05, 0) is 24.6 Å². The summed E-state index contributed by atoms with van der Waals surface area (Å²) in [6, 6.07) is 14.7. The van der Waals surface area contributed by atoms with Crippen LogP contribution in [-0.4, -0.2) is 20.9 Å². The Hall–Kier alpha value is -4.27. The Kier molecular flexibility index (Phi) is 5.80. The zero-order valence-electron chi connectivity index (χ0n) is 17.0. The summed E-state index contributed by atoms with van der Waals surface area (Å²) in [5.74, 6) is -1.19. The third-order valence-electron chi connectivity index (χ3n) is 4.65. The van der Waals surface area contributed by atoms with Crippen molar-refractivity contribution in [2.75, 3.05) is 0 Å². The first-order valence-corrected chi connectivity index (χ1v) is 9.59. The summed E-state index contributed by atoms with van der Waals surface area (Å²) in [5.41, 5.74) is 6.69. The van der Waals surface area contributed by atoms with E-state index in [1.807, 2.05) is 30.3 Å². The van der Waals surface area contributed by atoms with E-state index in [-0.39, 0.29) is 35.1 Å². The molecule has 162 valence electrons. The average Bonchev–Trinajstić information content (AvgIpc) is 3.24. The van der Waals surface area contributed by atoms with E-state index in [4.69, 9.17) is 15.2 Å². The summed E-state index contributed by atoms with van der Waals surface area (Å²) in [6.45, 7) is 1.56. The topological polar surface area (TPSA) is 92.3 Å². The maximum absolute atomic E-state index is 15.1. The molecule has 0 radical (unpaired) electrons. The molecule has 0 spiro atoms. The van der Waals surface area contributed by atoms with Gasteiger partial charge in [0.05, 0.1) is 17.6 Å². The molecule has 9 heteroatoms. The minimum Gasteiger partial charge on any atom is -0.437 e. The van der Waals surface area contributed by atoms with Crippen molar-refractivity contribution in [3.8, 4) is 23.1 Å². The van der Waals surface area contributed by atoms with Gasteiger partial charge >= 0.3 is 6.09 Å². The molecule has 2 aromatic heterocycles. The number of rotatable bonds is 6. The lowest BCUT2D eigenvalue weighted by Gasteiger charge is -2.13. The van der Waals surface area contributed by atoms with E-state index in [0.29, 0.717) is 5.69 Å². The number of carbonyl (C=O) groups excluding carboxylic acids is 1. The highest BCUT2D eigenvalue weighted by Crippen LogP contribution is 2.33. The number of aryl methyl sites for hydroxylation is 1. The average molecular weight is 436 g/mol. The summed E-state index contributed by atoms with van der Waals surface area (Å²) >= 11 is 0. The van der Waals surface area contributed by atoms with Crippen molar-refractivity contribution < 1.29 is 23.0 Å². The van der Waals surface area contributed by atoms with Crippen molar-refractivity contribution in [1.82, 2.24) is 14.8 Å². The quantitative estimate of drug-likeness (QED) is 0.473. The number of hydrogen-bond donors (Lipinski definition) is 1. The second kappa shape index (κ2) is 8.84. The lowest BCUT2D eigenvalue weighted by molar-refractivity contribution is 0.208. The molecular formula is C23H18F2N4O3. The number of amides is 1. The standard InChI is InChI=1S/C23H18F2N4O3/c1-14-18(24)12-16(13-27-14)29-10-9-21(28-29)31-19-7-8-20(32-23(26)30)22(25)17(19)11-15-5-3-2-4-6-15/h2-10,12-13H,11H2,1H3,(H2,26,30). The molecule has 0 unspecified atom stereocenters. The molecule has 4 rings (SSSR count). The number of nitrogens with two attached hydrogens (primary N) is 1. The first-order chi connectivity index (χ1) is 15.4. The van der Waals surface area contributed by atoms with Gasteiger partial charge < -0.3 is 15.2 Å².